The highest BCUT2D eigenvalue weighted by Crippen LogP contribution is 2.25. The van der Waals surface area contributed by atoms with Gasteiger partial charge in [-0.1, -0.05) is 42.4 Å². The van der Waals surface area contributed by atoms with E-state index in [9.17, 15) is 9.90 Å². The average Bonchev–Trinajstić information content (AvgIpc) is 3.15. The maximum Gasteiger partial charge on any atom is 0.259 e. The van der Waals surface area contributed by atoms with Crippen molar-refractivity contribution in [3.05, 3.63) is 53.4 Å². The molecule has 1 aliphatic rings. The molecule has 1 amide bonds. The minimum absolute atomic E-state index is 0.00641. The van der Waals surface area contributed by atoms with Crippen LogP contribution in [0.2, 0.25) is 0 Å². The third-order valence-corrected chi connectivity index (χ3v) is 5.30. The Balaban J connectivity index is 1.49. The number of nitrogens with zero attached hydrogens (tertiary/aromatic N) is 2. The molecule has 140 valence electrons. The molecule has 2 aromatic rings. The Morgan fingerprint density at radius 3 is 2.69 bits per heavy atom. The van der Waals surface area contributed by atoms with E-state index in [0.29, 0.717) is 24.4 Å². The number of amides is 1. The molecule has 5 heteroatoms. The third kappa shape index (κ3) is 4.52. The zero-order chi connectivity index (χ0) is 18.4. The van der Waals surface area contributed by atoms with E-state index in [-0.39, 0.29) is 17.9 Å². The van der Waals surface area contributed by atoms with E-state index in [0.717, 1.165) is 38.5 Å². The lowest BCUT2D eigenvalue weighted by Gasteiger charge is -2.34. The van der Waals surface area contributed by atoms with Crippen molar-refractivity contribution in [2.45, 2.75) is 51.6 Å². The van der Waals surface area contributed by atoms with Crippen molar-refractivity contribution in [2.75, 3.05) is 13.1 Å². The number of hydrogen-bond donors (Lipinski definition) is 1. The highest BCUT2D eigenvalue weighted by Gasteiger charge is 2.29. The zero-order valence-electron chi connectivity index (χ0n) is 15.4. The van der Waals surface area contributed by atoms with E-state index in [1.54, 1.807) is 0 Å². The first kappa shape index (κ1) is 18.6. The first-order valence-electron chi connectivity index (χ1n) is 9.63. The van der Waals surface area contributed by atoms with Crippen LogP contribution in [0.3, 0.4) is 0 Å². The van der Waals surface area contributed by atoms with Crippen LogP contribution in [0.1, 0.15) is 54.3 Å². The van der Waals surface area contributed by atoms with Crippen molar-refractivity contribution in [3.8, 4) is 0 Å². The SMILES string of the molecule is CCCc1oncc1C(=O)N1CCC([C@@H](O)CCc2ccccc2)CC1. The molecule has 1 saturated heterocycles. The second kappa shape index (κ2) is 8.99. The first-order valence-corrected chi connectivity index (χ1v) is 9.63. The third-order valence-electron chi connectivity index (χ3n) is 5.30. The van der Waals surface area contributed by atoms with E-state index in [1.807, 2.05) is 23.1 Å². The molecule has 0 unspecified atom stereocenters. The molecule has 0 saturated carbocycles. The molecule has 0 radical (unpaired) electrons. The van der Waals surface area contributed by atoms with Gasteiger partial charge in [0.25, 0.3) is 5.91 Å². The molecule has 2 heterocycles. The fraction of sp³-hybridized carbons (Fsp3) is 0.524. The van der Waals surface area contributed by atoms with Gasteiger partial charge in [-0.2, -0.15) is 0 Å². The molecule has 0 spiro atoms. The van der Waals surface area contributed by atoms with Crippen LogP contribution >= 0.6 is 0 Å². The molecule has 26 heavy (non-hydrogen) atoms. The lowest BCUT2D eigenvalue weighted by Crippen LogP contribution is -2.41. The lowest BCUT2D eigenvalue weighted by molar-refractivity contribution is 0.0435. The topological polar surface area (TPSA) is 66.6 Å². The van der Waals surface area contributed by atoms with Crippen molar-refractivity contribution in [1.29, 1.82) is 0 Å². The van der Waals surface area contributed by atoms with Crippen LogP contribution in [0.15, 0.2) is 41.1 Å². The van der Waals surface area contributed by atoms with Gasteiger partial charge in [-0.15, -0.1) is 0 Å². The zero-order valence-corrected chi connectivity index (χ0v) is 15.4. The van der Waals surface area contributed by atoms with E-state index < -0.39 is 0 Å². The quantitative estimate of drug-likeness (QED) is 0.825. The summed E-state index contributed by atoms with van der Waals surface area (Å²) in [7, 11) is 0. The van der Waals surface area contributed by atoms with Gasteiger partial charge in [0.15, 0.2) is 0 Å². The molecule has 1 N–H and O–H groups in total. The smallest absolute Gasteiger partial charge is 0.259 e. The molecular weight excluding hydrogens is 328 g/mol. The van der Waals surface area contributed by atoms with Gasteiger partial charge in [-0.3, -0.25) is 4.79 Å². The second-order valence-corrected chi connectivity index (χ2v) is 7.13. The number of aliphatic hydroxyl groups is 1. The Morgan fingerprint density at radius 1 is 1.27 bits per heavy atom. The number of hydrogen-bond acceptors (Lipinski definition) is 4. The normalized spacial score (nSPS) is 16.6. The fourth-order valence-electron chi connectivity index (χ4n) is 3.70. The van der Waals surface area contributed by atoms with E-state index >= 15 is 0 Å². The van der Waals surface area contributed by atoms with Gasteiger partial charge in [0.05, 0.1) is 12.3 Å². The summed E-state index contributed by atoms with van der Waals surface area (Å²) in [5.41, 5.74) is 1.85. The van der Waals surface area contributed by atoms with Crippen LogP contribution in [0.5, 0.6) is 0 Å². The Bertz CT molecular complexity index is 690. The highest BCUT2D eigenvalue weighted by molar-refractivity contribution is 5.94. The van der Waals surface area contributed by atoms with Gasteiger partial charge in [0.1, 0.15) is 11.3 Å². The minimum Gasteiger partial charge on any atom is -0.393 e. The summed E-state index contributed by atoms with van der Waals surface area (Å²) < 4.78 is 5.21. The maximum atomic E-state index is 12.7. The molecule has 0 aliphatic carbocycles. The number of aryl methyl sites for hydroxylation is 2. The van der Waals surface area contributed by atoms with E-state index in [4.69, 9.17) is 4.52 Å². The first-order chi connectivity index (χ1) is 12.7. The number of carbonyl (C=O) groups excluding carboxylic acids is 1. The predicted octanol–water partition coefficient (Wildman–Crippen LogP) is 3.47. The molecule has 1 fully saturated rings. The van der Waals surface area contributed by atoms with Crippen molar-refractivity contribution in [3.63, 3.8) is 0 Å². The van der Waals surface area contributed by atoms with E-state index in [1.165, 1.54) is 11.8 Å². The number of aromatic nitrogens is 1. The monoisotopic (exact) mass is 356 g/mol. The Labute approximate surface area is 155 Å². The van der Waals surface area contributed by atoms with Gasteiger partial charge >= 0.3 is 0 Å². The van der Waals surface area contributed by atoms with Crippen LogP contribution in [-0.4, -0.2) is 40.3 Å². The summed E-state index contributed by atoms with van der Waals surface area (Å²) in [6.45, 7) is 3.42. The Hall–Kier alpha value is -2.14. The van der Waals surface area contributed by atoms with Gasteiger partial charge in [-0.25, -0.2) is 0 Å². The second-order valence-electron chi connectivity index (χ2n) is 7.13. The number of benzene rings is 1. The molecule has 5 nitrogen and oxygen atoms in total. The molecule has 1 atom stereocenters. The summed E-state index contributed by atoms with van der Waals surface area (Å²) in [5.74, 6) is 0.954. The van der Waals surface area contributed by atoms with Gasteiger partial charge < -0.3 is 14.5 Å². The molecular formula is C21H28N2O3. The predicted molar refractivity (Wildman–Crippen MR) is 99.9 cm³/mol. The summed E-state index contributed by atoms with van der Waals surface area (Å²) in [4.78, 5) is 14.6. The number of likely N-dealkylation sites (tertiary alicyclic amines) is 1. The summed E-state index contributed by atoms with van der Waals surface area (Å²) in [6.07, 6.45) is 6.23. The van der Waals surface area contributed by atoms with Crippen molar-refractivity contribution < 1.29 is 14.4 Å². The molecule has 1 aromatic heterocycles. The van der Waals surface area contributed by atoms with Crippen LogP contribution in [-0.2, 0) is 12.8 Å². The fourth-order valence-corrected chi connectivity index (χ4v) is 3.70. The molecule has 1 aromatic carbocycles. The van der Waals surface area contributed by atoms with Crippen molar-refractivity contribution >= 4 is 5.91 Å². The summed E-state index contributed by atoms with van der Waals surface area (Å²) >= 11 is 0. The van der Waals surface area contributed by atoms with Crippen LogP contribution in [0, 0.1) is 5.92 Å². The highest BCUT2D eigenvalue weighted by atomic mass is 16.5. The minimum atomic E-state index is -0.307. The van der Waals surface area contributed by atoms with E-state index in [2.05, 4.69) is 24.2 Å². The van der Waals surface area contributed by atoms with Crippen LogP contribution in [0.4, 0.5) is 0 Å². The molecule has 1 aliphatic heterocycles. The van der Waals surface area contributed by atoms with Crippen LogP contribution < -0.4 is 0 Å². The molecule has 0 bridgehead atoms. The number of carbonyl (C=O) groups is 1. The average molecular weight is 356 g/mol. The number of piperidine rings is 1. The maximum absolute atomic E-state index is 12.7. The van der Waals surface area contributed by atoms with Crippen molar-refractivity contribution in [2.24, 2.45) is 5.92 Å². The van der Waals surface area contributed by atoms with Gasteiger partial charge in [0, 0.05) is 19.5 Å². The van der Waals surface area contributed by atoms with Gasteiger partial charge in [0.2, 0.25) is 0 Å². The van der Waals surface area contributed by atoms with Gasteiger partial charge in [-0.05, 0) is 43.6 Å². The standard InChI is InChI=1S/C21H28N2O3/c1-2-6-20-18(15-22-26-20)21(25)23-13-11-17(12-14-23)19(24)10-9-16-7-4-3-5-8-16/h3-5,7-8,15,17,19,24H,2,6,9-14H2,1H3/t19-/m0/s1. The van der Waals surface area contributed by atoms with Crippen LogP contribution in [0.25, 0.3) is 0 Å². The van der Waals surface area contributed by atoms with Crippen molar-refractivity contribution in [1.82, 2.24) is 10.1 Å². The molecule has 3 rings (SSSR count). The summed E-state index contributed by atoms with van der Waals surface area (Å²) in [5, 5.41) is 14.3. The Morgan fingerprint density at radius 2 is 2.00 bits per heavy atom. The number of rotatable bonds is 7. The summed E-state index contributed by atoms with van der Waals surface area (Å²) in [6, 6.07) is 10.3. The number of aliphatic hydroxyl groups excluding tert-OH is 1. The largest absolute Gasteiger partial charge is 0.393 e. The lowest BCUT2D eigenvalue weighted by atomic mass is 9.88. The Kier molecular flexibility index (Phi) is 6.45.